The quantitative estimate of drug-likeness (QED) is 0.687. The lowest BCUT2D eigenvalue weighted by Gasteiger charge is -2.11. The van der Waals surface area contributed by atoms with E-state index in [0.29, 0.717) is 4.90 Å². The van der Waals surface area contributed by atoms with Crippen molar-refractivity contribution in [3.05, 3.63) is 62.7 Å². The van der Waals surface area contributed by atoms with Gasteiger partial charge in [0.15, 0.2) is 0 Å². The molecule has 0 atom stereocenters. The molecule has 0 aliphatic carbocycles. The number of nitro groups is 1. The van der Waals surface area contributed by atoms with E-state index >= 15 is 0 Å². The lowest BCUT2D eigenvalue weighted by molar-refractivity contribution is -0.387. The van der Waals surface area contributed by atoms with Crippen molar-refractivity contribution < 1.29 is 9.72 Å². The number of hydrogen-bond acceptors (Lipinski definition) is 4. The van der Waals surface area contributed by atoms with Gasteiger partial charge in [0, 0.05) is 16.5 Å². The molecule has 0 aliphatic rings. The van der Waals surface area contributed by atoms with E-state index in [2.05, 4.69) is 0 Å². The zero-order valence-electron chi connectivity index (χ0n) is 12.5. The van der Waals surface area contributed by atoms with Gasteiger partial charge in [0.2, 0.25) is 5.91 Å². The fraction of sp³-hybridized carbons (Fsp3) is 0.188. The molecule has 0 unspecified atom stereocenters. The molecule has 0 saturated carbocycles. The number of primary amides is 1. The molecular weight excluding hydrogens is 300 g/mol. The topological polar surface area (TPSA) is 86.2 Å². The predicted molar refractivity (Wildman–Crippen MR) is 86.4 cm³/mol. The van der Waals surface area contributed by atoms with Crippen LogP contribution in [0.5, 0.6) is 0 Å². The Morgan fingerprint density at radius 2 is 1.73 bits per heavy atom. The first-order valence-corrected chi connectivity index (χ1v) is 7.45. The van der Waals surface area contributed by atoms with Crippen molar-refractivity contribution in [2.75, 3.05) is 0 Å². The standard InChI is InChI=1S/C16H16N2O3S/c1-9-6-10(2)15(11(3)7-9)22-14-5-4-12(16(17)19)8-13(14)18(20)21/h4-8H,1-3H3,(H2,17,19). The highest BCUT2D eigenvalue weighted by molar-refractivity contribution is 7.99. The molecule has 0 heterocycles. The number of carbonyl (C=O) groups is 1. The van der Waals surface area contributed by atoms with Crippen LogP contribution in [0, 0.1) is 30.9 Å². The monoisotopic (exact) mass is 316 g/mol. The van der Waals surface area contributed by atoms with Crippen LogP contribution in [-0.4, -0.2) is 10.8 Å². The van der Waals surface area contributed by atoms with Gasteiger partial charge in [0.25, 0.3) is 5.69 Å². The van der Waals surface area contributed by atoms with E-state index in [-0.39, 0.29) is 11.3 Å². The van der Waals surface area contributed by atoms with Gasteiger partial charge < -0.3 is 5.73 Å². The van der Waals surface area contributed by atoms with Crippen molar-refractivity contribution in [2.24, 2.45) is 5.73 Å². The van der Waals surface area contributed by atoms with Crippen molar-refractivity contribution in [3.8, 4) is 0 Å². The first-order chi connectivity index (χ1) is 10.3. The van der Waals surface area contributed by atoms with Crippen molar-refractivity contribution in [1.82, 2.24) is 0 Å². The van der Waals surface area contributed by atoms with Crippen molar-refractivity contribution in [2.45, 2.75) is 30.6 Å². The summed E-state index contributed by atoms with van der Waals surface area (Å²) in [7, 11) is 0. The molecule has 22 heavy (non-hydrogen) atoms. The van der Waals surface area contributed by atoms with Crippen LogP contribution in [0.3, 0.4) is 0 Å². The summed E-state index contributed by atoms with van der Waals surface area (Å²) in [6.45, 7) is 5.97. The summed E-state index contributed by atoms with van der Waals surface area (Å²) in [4.78, 5) is 23.4. The molecular formula is C16H16N2O3S. The largest absolute Gasteiger partial charge is 0.366 e. The summed E-state index contributed by atoms with van der Waals surface area (Å²) in [5, 5.41) is 11.3. The van der Waals surface area contributed by atoms with Gasteiger partial charge in [-0.3, -0.25) is 14.9 Å². The molecule has 0 spiro atoms. The molecule has 2 N–H and O–H groups in total. The third-order valence-electron chi connectivity index (χ3n) is 3.26. The molecule has 1 amide bonds. The lowest BCUT2D eigenvalue weighted by Crippen LogP contribution is -2.11. The Morgan fingerprint density at radius 3 is 2.23 bits per heavy atom. The minimum atomic E-state index is -0.678. The highest BCUT2D eigenvalue weighted by Gasteiger charge is 2.19. The number of nitro benzene ring substituents is 1. The predicted octanol–water partition coefficient (Wildman–Crippen LogP) is 3.77. The summed E-state index contributed by atoms with van der Waals surface area (Å²) >= 11 is 1.33. The number of hydrogen-bond donors (Lipinski definition) is 1. The van der Waals surface area contributed by atoms with E-state index in [1.807, 2.05) is 32.9 Å². The Labute approximate surface area is 132 Å². The number of rotatable bonds is 4. The maximum absolute atomic E-state index is 11.3. The first-order valence-electron chi connectivity index (χ1n) is 6.63. The number of nitrogens with two attached hydrogens (primary N) is 1. The van der Waals surface area contributed by atoms with Crippen LogP contribution < -0.4 is 5.73 Å². The summed E-state index contributed by atoms with van der Waals surface area (Å²) in [6, 6.07) is 8.39. The van der Waals surface area contributed by atoms with E-state index in [0.717, 1.165) is 21.6 Å². The van der Waals surface area contributed by atoms with Gasteiger partial charge in [-0.25, -0.2) is 0 Å². The van der Waals surface area contributed by atoms with Crippen LogP contribution in [0.2, 0.25) is 0 Å². The molecule has 0 fully saturated rings. The summed E-state index contributed by atoms with van der Waals surface area (Å²) in [5.41, 5.74) is 8.49. The Kier molecular flexibility index (Phi) is 4.51. The van der Waals surface area contributed by atoms with Gasteiger partial charge in [0.05, 0.1) is 9.82 Å². The van der Waals surface area contributed by atoms with E-state index in [1.54, 1.807) is 6.07 Å². The van der Waals surface area contributed by atoms with Crippen LogP contribution in [-0.2, 0) is 0 Å². The highest BCUT2D eigenvalue weighted by atomic mass is 32.2. The van der Waals surface area contributed by atoms with Crippen LogP contribution in [0.25, 0.3) is 0 Å². The maximum Gasteiger partial charge on any atom is 0.284 e. The van der Waals surface area contributed by atoms with Gasteiger partial charge in [-0.05, 0) is 44.0 Å². The first kappa shape index (κ1) is 16.0. The number of amides is 1. The molecule has 2 aromatic rings. The van der Waals surface area contributed by atoms with E-state index in [9.17, 15) is 14.9 Å². The van der Waals surface area contributed by atoms with Gasteiger partial charge in [0.1, 0.15) is 0 Å². The molecule has 0 radical (unpaired) electrons. The Bertz CT molecular complexity index is 749. The SMILES string of the molecule is Cc1cc(C)c(Sc2ccc(C(N)=O)cc2[N+](=O)[O-])c(C)c1. The number of benzene rings is 2. The van der Waals surface area contributed by atoms with Crippen LogP contribution in [0.15, 0.2) is 40.1 Å². The maximum atomic E-state index is 11.3. The van der Waals surface area contributed by atoms with Gasteiger partial charge in [-0.2, -0.15) is 0 Å². The van der Waals surface area contributed by atoms with Crippen LogP contribution in [0.4, 0.5) is 5.69 Å². The average molecular weight is 316 g/mol. The number of aryl methyl sites for hydroxylation is 3. The lowest BCUT2D eigenvalue weighted by atomic mass is 10.1. The number of nitrogens with zero attached hydrogens (tertiary/aromatic N) is 1. The Morgan fingerprint density at radius 1 is 1.14 bits per heavy atom. The molecule has 6 heteroatoms. The van der Waals surface area contributed by atoms with E-state index < -0.39 is 10.8 Å². The van der Waals surface area contributed by atoms with Crippen molar-refractivity contribution in [3.63, 3.8) is 0 Å². The Balaban J connectivity index is 2.50. The molecule has 2 rings (SSSR count). The average Bonchev–Trinajstić information content (AvgIpc) is 2.42. The highest BCUT2D eigenvalue weighted by Crippen LogP contribution is 2.38. The summed E-state index contributed by atoms with van der Waals surface area (Å²) in [6.07, 6.45) is 0. The third-order valence-corrected chi connectivity index (χ3v) is 4.67. The van der Waals surface area contributed by atoms with E-state index in [4.69, 9.17) is 5.73 Å². The van der Waals surface area contributed by atoms with Crippen LogP contribution in [0.1, 0.15) is 27.0 Å². The fourth-order valence-electron chi connectivity index (χ4n) is 2.34. The Hall–Kier alpha value is -2.34. The minimum absolute atomic E-state index is 0.110. The van der Waals surface area contributed by atoms with E-state index in [1.165, 1.54) is 23.9 Å². The molecule has 0 aromatic heterocycles. The molecule has 5 nitrogen and oxygen atoms in total. The zero-order valence-corrected chi connectivity index (χ0v) is 13.4. The third kappa shape index (κ3) is 3.28. The van der Waals surface area contributed by atoms with Gasteiger partial charge >= 0.3 is 0 Å². The fourth-order valence-corrected chi connectivity index (χ4v) is 3.37. The summed E-state index contributed by atoms with van der Waals surface area (Å²) in [5.74, 6) is -0.678. The van der Waals surface area contributed by atoms with Crippen molar-refractivity contribution in [1.29, 1.82) is 0 Å². The zero-order chi connectivity index (χ0) is 16.4. The minimum Gasteiger partial charge on any atom is -0.366 e. The van der Waals surface area contributed by atoms with Gasteiger partial charge in [-0.1, -0.05) is 29.5 Å². The summed E-state index contributed by atoms with van der Waals surface area (Å²) < 4.78 is 0. The second kappa shape index (κ2) is 6.19. The molecule has 2 aromatic carbocycles. The van der Waals surface area contributed by atoms with Crippen molar-refractivity contribution >= 4 is 23.4 Å². The van der Waals surface area contributed by atoms with Gasteiger partial charge in [-0.15, -0.1) is 0 Å². The normalized spacial score (nSPS) is 10.5. The number of carbonyl (C=O) groups excluding carboxylic acids is 1. The molecule has 0 aliphatic heterocycles. The molecule has 114 valence electrons. The second-order valence-corrected chi connectivity index (χ2v) is 6.19. The second-order valence-electron chi connectivity index (χ2n) is 5.13. The molecule has 0 saturated heterocycles. The smallest absolute Gasteiger partial charge is 0.284 e. The molecule has 0 bridgehead atoms. The van der Waals surface area contributed by atoms with Crippen LogP contribution >= 0.6 is 11.8 Å².